The highest BCUT2D eigenvalue weighted by atomic mass is 127. The van der Waals surface area contributed by atoms with E-state index in [1.54, 1.807) is 7.11 Å². The highest BCUT2D eigenvalue weighted by Crippen LogP contribution is 2.19. The highest BCUT2D eigenvalue weighted by Gasteiger charge is 2.27. The number of ether oxygens (including phenoxy) is 1. The van der Waals surface area contributed by atoms with Gasteiger partial charge < -0.3 is 15.0 Å². The molecule has 6 heteroatoms. The number of hydrogen-bond acceptors (Lipinski definition) is 3. The molecule has 0 aliphatic carbocycles. The van der Waals surface area contributed by atoms with Gasteiger partial charge in [-0.2, -0.15) is 0 Å². The van der Waals surface area contributed by atoms with Gasteiger partial charge in [0.1, 0.15) is 0 Å². The number of nitrogens with one attached hydrogen (secondary N) is 1. The van der Waals surface area contributed by atoms with Gasteiger partial charge in [-0.25, -0.2) is 0 Å². The van der Waals surface area contributed by atoms with E-state index in [-0.39, 0.29) is 24.0 Å². The summed E-state index contributed by atoms with van der Waals surface area (Å²) in [5, 5.41) is 3.65. The van der Waals surface area contributed by atoms with Gasteiger partial charge in [0.15, 0.2) is 5.96 Å². The van der Waals surface area contributed by atoms with Crippen LogP contribution in [0, 0.1) is 11.8 Å². The molecule has 0 amide bonds. The van der Waals surface area contributed by atoms with Crippen molar-refractivity contribution in [2.24, 2.45) is 16.8 Å². The van der Waals surface area contributed by atoms with E-state index >= 15 is 0 Å². The Balaban J connectivity index is 0.00000288. The predicted octanol–water partition coefficient (Wildman–Crippen LogP) is 2.66. The average molecular weight is 452 g/mol. The van der Waals surface area contributed by atoms with Crippen molar-refractivity contribution in [1.29, 1.82) is 0 Å². The average Bonchev–Trinajstić information content (AvgIpc) is 3.18. The fourth-order valence-electron chi connectivity index (χ4n) is 3.95. The minimum atomic E-state index is 0. The minimum absolute atomic E-state index is 0. The van der Waals surface area contributed by atoms with E-state index in [0.717, 1.165) is 38.1 Å². The Labute approximate surface area is 165 Å². The molecule has 142 valence electrons. The van der Waals surface area contributed by atoms with E-state index in [4.69, 9.17) is 4.74 Å². The number of guanidine groups is 1. The fraction of sp³-hybridized carbons (Fsp3) is 0.944. The summed E-state index contributed by atoms with van der Waals surface area (Å²) in [7, 11) is 3.70. The normalized spacial score (nSPS) is 23.6. The molecule has 2 aliphatic rings. The van der Waals surface area contributed by atoms with Crippen LogP contribution in [0.3, 0.4) is 0 Å². The summed E-state index contributed by atoms with van der Waals surface area (Å²) in [5.74, 6) is 2.45. The third kappa shape index (κ3) is 6.67. The molecule has 1 N–H and O–H groups in total. The van der Waals surface area contributed by atoms with Gasteiger partial charge in [0, 0.05) is 45.8 Å². The van der Waals surface area contributed by atoms with Crippen LogP contribution in [0.4, 0.5) is 0 Å². The molecule has 0 aromatic carbocycles. The Morgan fingerprint density at radius 3 is 2.54 bits per heavy atom. The number of hydrogen-bond donors (Lipinski definition) is 1. The monoisotopic (exact) mass is 452 g/mol. The second-order valence-electron chi connectivity index (χ2n) is 7.51. The SMILES string of the molecule is CN=C(NCC(CC(C)C)N1CCCC1)N1CCC(COC)C1.I. The molecule has 2 aliphatic heterocycles. The molecule has 24 heavy (non-hydrogen) atoms. The van der Waals surface area contributed by atoms with Crippen LogP contribution < -0.4 is 5.32 Å². The van der Waals surface area contributed by atoms with Crippen LogP contribution in [-0.4, -0.2) is 75.3 Å². The van der Waals surface area contributed by atoms with Gasteiger partial charge >= 0.3 is 0 Å². The Morgan fingerprint density at radius 2 is 1.96 bits per heavy atom. The second-order valence-corrected chi connectivity index (χ2v) is 7.51. The molecule has 2 heterocycles. The molecule has 2 fully saturated rings. The number of likely N-dealkylation sites (tertiary alicyclic amines) is 2. The molecular formula is C18H37IN4O. The summed E-state index contributed by atoms with van der Waals surface area (Å²) < 4.78 is 5.30. The Hall–Kier alpha value is -0.0800. The Bertz CT molecular complexity index is 372. The van der Waals surface area contributed by atoms with Crippen LogP contribution >= 0.6 is 24.0 Å². The fourth-order valence-corrected chi connectivity index (χ4v) is 3.95. The summed E-state index contributed by atoms with van der Waals surface area (Å²) in [4.78, 5) is 9.57. The van der Waals surface area contributed by atoms with Crippen molar-refractivity contribution in [3.63, 3.8) is 0 Å². The maximum Gasteiger partial charge on any atom is 0.193 e. The van der Waals surface area contributed by atoms with Gasteiger partial charge in [-0.05, 0) is 44.7 Å². The molecule has 0 aromatic heterocycles. The van der Waals surface area contributed by atoms with E-state index < -0.39 is 0 Å². The summed E-state index contributed by atoms with van der Waals surface area (Å²) in [6.07, 6.45) is 5.18. The lowest BCUT2D eigenvalue weighted by molar-refractivity contribution is 0.157. The van der Waals surface area contributed by atoms with Crippen molar-refractivity contribution in [3.8, 4) is 0 Å². The smallest absolute Gasteiger partial charge is 0.193 e. The second kappa shape index (κ2) is 11.5. The lowest BCUT2D eigenvalue weighted by atomic mass is 10.0. The van der Waals surface area contributed by atoms with Crippen LogP contribution in [0.1, 0.15) is 39.5 Å². The molecule has 2 atom stereocenters. The molecule has 0 radical (unpaired) electrons. The zero-order valence-corrected chi connectivity index (χ0v) is 18.3. The molecule has 0 saturated carbocycles. The van der Waals surface area contributed by atoms with Crippen molar-refractivity contribution in [2.75, 3.05) is 53.5 Å². The Morgan fingerprint density at radius 1 is 1.25 bits per heavy atom. The molecule has 2 saturated heterocycles. The molecule has 5 nitrogen and oxygen atoms in total. The topological polar surface area (TPSA) is 40.1 Å². The van der Waals surface area contributed by atoms with Crippen molar-refractivity contribution in [3.05, 3.63) is 0 Å². The quantitative estimate of drug-likeness (QED) is 0.366. The van der Waals surface area contributed by atoms with Gasteiger partial charge in [-0.15, -0.1) is 24.0 Å². The van der Waals surface area contributed by atoms with Gasteiger partial charge in [-0.3, -0.25) is 9.89 Å². The maximum atomic E-state index is 5.30. The van der Waals surface area contributed by atoms with Crippen LogP contribution in [0.5, 0.6) is 0 Å². The van der Waals surface area contributed by atoms with E-state index in [1.807, 2.05) is 7.05 Å². The molecule has 0 bridgehead atoms. The van der Waals surface area contributed by atoms with Gasteiger partial charge in [0.2, 0.25) is 0 Å². The van der Waals surface area contributed by atoms with E-state index in [9.17, 15) is 0 Å². The summed E-state index contributed by atoms with van der Waals surface area (Å²) in [5.41, 5.74) is 0. The zero-order chi connectivity index (χ0) is 16.7. The molecule has 0 spiro atoms. The molecular weight excluding hydrogens is 415 g/mol. The number of methoxy groups -OCH3 is 1. The third-order valence-corrected chi connectivity index (χ3v) is 5.10. The molecule has 0 aromatic rings. The summed E-state index contributed by atoms with van der Waals surface area (Å²) in [6, 6.07) is 0.631. The van der Waals surface area contributed by atoms with Crippen LogP contribution in [0.15, 0.2) is 4.99 Å². The lowest BCUT2D eigenvalue weighted by Gasteiger charge is -2.31. The van der Waals surface area contributed by atoms with Crippen LogP contribution in [0.25, 0.3) is 0 Å². The van der Waals surface area contributed by atoms with Crippen molar-refractivity contribution >= 4 is 29.9 Å². The maximum absolute atomic E-state index is 5.30. The number of rotatable bonds is 7. The first-order valence-corrected chi connectivity index (χ1v) is 9.32. The summed E-state index contributed by atoms with van der Waals surface area (Å²) >= 11 is 0. The van der Waals surface area contributed by atoms with E-state index in [1.165, 1.54) is 38.8 Å². The van der Waals surface area contributed by atoms with Crippen LogP contribution in [0.2, 0.25) is 0 Å². The molecule has 2 unspecified atom stereocenters. The Kier molecular flexibility index (Phi) is 10.5. The standard InChI is InChI=1S/C18H36N4O.HI/c1-15(2)11-17(21-8-5-6-9-21)12-20-18(19-3)22-10-7-16(13-22)14-23-4;/h15-17H,5-14H2,1-4H3,(H,19,20);1H. The first-order valence-electron chi connectivity index (χ1n) is 9.32. The first kappa shape index (κ1) is 22.0. The zero-order valence-electron chi connectivity index (χ0n) is 16.0. The highest BCUT2D eigenvalue weighted by molar-refractivity contribution is 14.0. The number of aliphatic imine (C=N–C) groups is 1. The number of halogens is 1. The predicted molar refractivity (Wildman–Crippen MR) is 112 cm³/mol. The van der Waals surface area contributed by atoms with Crippen molar-refractivity contribution in [2.45, 2.75) is 45.6 Å². The van der Waals surface area contributed by atoms with Gasteiger partial charge in [0.25, 0.3) is 0 Å². The lowest BCUT2D eigenvalue weighted by Crippen LogP contribution is -2.47. The largest absolute Gasteiger partial charge is 0.384 e. The van der Waals surface area contributed by atoms with Crippen molar-refractivity contribution in [1.82, 2.24) is 15.1 Å². The molecule has 2 rings (SSSR count). The minimum Gasteiger partial charge on any atom is -0.384 e. The van der Waals surface area contributed by atoms with Crippen LogP contribution in [-0.2, 0) is 4.74 Å². The van der Waals surface area contributed by atoms with E-state index in [0.29, 0.717) is 12.0 Å². The van der Waals surface area contributed by atoms with Crippen molar-refractivity contribution < 1.29 is 4.74 Å². The van der Waals surface area contributed by atoms with Gasteiger partial charge in [0.05, 0.1) is 6.61 Å². The number of nitrogens with zero attached hydrogens (tertiary/aromatic N) is 3. The van der Waals surface area contributed by atoms with Gasteiger partial charge in [-0.1, -0.05) is 13.8 Å². The third-order valence-electron chi connectivity index (χ3n) is 5.10. The van der Waals surface area contributed by atoms with E-state index in [2.05, 4.69) is 34.0 Å². The first-order chi connectivity index (χ1) is 11.1. The summed E-state index contributed by atoms with van der Waals surface area (Å²) in [6.45, 7) is 11.2.